The lowest BCUT2D eigenvalue weighted by atomic mass is 9.98. The second kappa shape index (κ2) is 8.71. The number of carbonyl (C=O) groups excluding carboxylic acids is 1. The number of carbonyl (C=O) groups is 1. The third kappa shape index (κ3) is 5.20. The zero-order valence-corrected chi connectivity index (χ0v) is 15.5. The topological polar surface area (TPSA) is 71.8 Å². The Morgan fingerprint density at radius 2 is 1.96 bits per heavy atom. The second-order valence-electron chi connectivity index (χ2n) is 6.32. The zero-order valence-electron chi connectivity index (χ0n) is 14.7. The molecule has 27 heavy (non-hydrogen) atoms. The maximum atomic E-state index is 13.0. The Balaban J connectivity index is 0.00000261. The van der Waals surface area contributed by atoms with Crippen molar-refractivity contribution in [2.45, 2.75) is 31.4 Å². The summed E-state index contributed by atoms with van der Waals surface area (Å²) in [6.07, 6.45) is -3.05. The summed E-state index contributed by atoms with van der Waals surface area (Å²) < 4.78 is 40.6. The predicted octanol–water partition coefficient (Wildman–Crippen LogP) is 2.90. The van der Waals surface area contributed by atoms with E-state index in [1.54, 1.807) is 7.05 Å². The Morgan fingerprint density at radius 1 is 1.30 bits per heavy atom. The average Bonchev–Trinajstić information content (AvgIpc) is 2.96. The van der Waals surface area contributed by atoms with Gasteiger partial charge in [0.15, 0.2) is 5.82 Å². The molecule has 1 aliphatic heterocycles. The fraction of sp³-hybridized carbons (Fsp3) is 0.471. The van der Waals surface area contributed by atoms with Gasteiger partial charge in [0.2, 0.25) is 11.9 Å². The number of halogens is 4. The van der Waals surface area contributed by atoms with Crippen LogP contribution in [0.1, 0.15) is 35.7 Å². The number of anilines is 1. The molecule has 0 unspecified atom stereocenters. The molecule has 1 saturated heterocycles. The molecule has 2 aromatic rings. The Hall–Kier alpha value is -2.13. The summed E-state index contributed by atoms with van der Waals surface area (Å²) in [5, 5.41) is 10.2. The summed E-state index contributed by atoms with van der Waals surface area (Å²) in [5.41, 5.74) is -0.873. The number of amides is 1. The van der Waals surface area contributed by atoms with Crippen molar-refractivity contribution in [1.82, 2.24) is 20.1 Å². The van der Waals surface area contributed by atoms with Gasteiger partial charge in [-0.2, -0.15) is 23.3 Å². The van der Waals surface area contributed by atoms with Crippen LogP contribution in [0, 0.1) is 0 Å². The molecular formula is C17H21ClF3N5O. The highest BCUT2D eigenvalue weighted by atomic mass is 35.5. The molecule has 1 fully saturated rings. The highest BCUT2D eigenvalue weighted by molar-refractivity contribution is 5.91. The fourth-order valence-corrected chi connectivity index (χ4v) is 3.06. The Labute approximate surface area is 161 Å². The quantitative estimate of drug-likeness (QED) is 0.823. The largest absolute Gasteiger partial charge is 0.416 e. The summed E-state index contributed by atoms with van der Waals surface area (Å²) in [5.74, 6) is 0.557. The highest BCUT2D eigenvalue weighted by Crippen LogP contribution is 2.32. The zero-order chi connectivity index (χ0) is 18.7. The lowest BCUT2D eigenvalue weighted by Gasteiger charge is -2.19. The van der Waals surface area contributed by atoms with Gasteiger partial charge in [-0.15, -0.1) is 12.4 Å². The van der Waals surface area contributed by atoms with Crippen molar-refractivity contribution in [1.29, 1.82) is 0 Å². The number of benzene rings is 1. The molecule has 148 valence electrons. The van der Waals surface area contributed by atoms with Crippen molar-refractivity contribution in [3.05, 3.63) is 41.2 Å². The molecule has 1 aromatic carbocycles. The van der Waals surface area contributed by atoms with Crippen molar-refractivity contribution in [2.24, 2.45) is 7.05 Å². The maximum Gasteiger partial charge on any atom is 0.416 e. The van der Waals surface area contributed by atoms with E-state index in [1.807, 2.05) is 0 Å². The number of aryl methyl sites for hydroxylation is 1. The minimum Gasteiger partial charge on any atom is -0.317 e. The van der Waals surface area contributed by atoms with E-state index in [9.17, 15) is 18.0 Å². The molecule has 3 rings (SSSR count). The SMILES string of the molecule is Cl.Cn1nc(C2CCNCC2)nc1NC(=O)Cc1ccccc1C(F)(F)F. The highest BCUT2D eigenvalue weighted by Gasteiger charge is 2.33. The molecule has 6 nitrogen and oxygen atoms in total. The number of rotatable bonds is 4. The third-order valence-corrected chi connectivity index (χ3v) is 4.41. The number of hydrogen-bond acceptors (Lipinski definition) is 4. The number of hydrogen-bond donors (Lipinski definition) is 2. The van der Waals surface area contributed by atoms with Crippen LogP contribution in [0.3, 0.4) is 0 Å². The van der Waals surface area contributed by atoms with Crippen LogP contribution in [-0.2, 0) is 24.4 Å². The summed E-state index contributed by atoms with van der Waals surface area (Å²) >= 11 is 0. The van der Waals surface area contributed by atoms with Gasteiger partial charge in [-0.1, -0.05) is 18.2 Å². The van der Waals surface area contributed by atoms with Gasteiger partial charge in [-0.05, 0) is 37.6 Å². The van der Waals surface area contributed by atoms with Crippen LogP contribution in [0.25, 0.3) is 0 Å². The van der Waals surface area contributed by atoms with Crippen molar-refractivity contribution < 1.29 is 18.0 Å². The van der Waals surface area contributed by atoms with E-state index in [4.69, 9.17) is 0 Å². The maximum absolute atomic E-state index is 13.0. The standard InChI is InChI=1S/C17H20F3N5O.ClH/c1-25-16(23-15(24-25)11-6-8-21-9-7-11)22-14(26)10-12-4-2-3-5-13(12)17(18,19)20;/h2-5,11,21H,6-10H2,1H3,(H,22,23,24,26);1H. The minimum atomic E-state index is -4.50. The number of nitrogens with zero attached hydrogens (tertiary/aromatic N) is 3. The molecule has 2 N–H and O–H groups in total. The van der Waals surface area contributed by atoms with E-state index in [1.165, 1.54) is 22.9 Å². The normalized spacial score (nSPS) is 15.3. The van der Waals surface area contributed by atoms with Gasteiger partial charge < -0.3 is 5.32 Å². The van der Waals surface area contributed by atoms with E-state index in [0.29, 0.717) is 5.82 Å². The predicted molar refractivity (Wildman–Crippen MR) is 96.9 cm³/mol. The van der Waals surface area contributed by atoms with Crippen LogP contribution in [-0.4, -0.2) is 33.8 Å². The van der Waals surface area contributed by atoms with Crippen LogP contribution in [0.4, 0.5) is 19.1 Å². The van der Waals surface area contributed by atoms with Crippen molar-refractivity contribution in [3.8, 4) is 0 Å². The third-order valence-electron chi connectivity index (χ3n) is 4.41. The van der Waals surface area contributed by atoms with Crippen molar-refractivity contribution in [3.63, 3.8) is 0 Å². The van der Waals surface area contributed by atoms with Gasteiger partial charge in [-0.25, -0.2) is 4.68 Å². The van der Waals surface area contributed by atoms with Crippen LogP contribution in [0.2, 0.25) is 0 Å². The molecule has 0 radical (unpaired) electrons. The van der Waals surface area contributed by atoms with Gasteiger partial charge >= 0.3 is 6.18 Å². The Bertz CT molecular complexity index is 787. The molecular weight excluding hydrogens is 383 g/mol. The smallest absolute Gasteiger partial charge is 0.317 e. The van der Waals surface area contributed by atoms with E-state index in [-0.39, 0.29) is 36.3 Å². The molecule has 2 heterocycles. The van der Waals surface area contributed by atoms with Crippen LogP contribution in [0.5, 0.6) is 0 Å². The van der Waals surface area contributed by atoms with Gasteiger partial charge in [-0.3, -0.25) is 10.1 Å². The average molecular weight is 404 g/mol. The number of alkyl halides is 3. The summed E-state index contributed by atoms with van der Waals surface area (Å²) in [6, 6.07) is 5.06. The summed E-state index contributed by atoms with van der Waals surface area (Å²) in [4.78, 5) is 16.6. The lowest BCUT2D eigenvalue weighted by molar-refractivity contribution is -0.138. The van der Waals surface area contributed by atoms with Crippen molar-refractivity contribution in [2.75, 3.05) is 18.4 Å². The van der Waals surface area contributed by atoms with Gasteiger partial charge in [0.25, 0.3) is 0 Å². The van der Waals surface area contributed by atoms with Gasteiger partial charge in [0, 0.05) is 13.0 Å². The summed E-state index contributed by atoms with van der Waals surface area (Å²) in [6.45, 7) is 1.78. The molecule has 1 aromatic heterocycles. The first-order valence-corrected chi connectivity index (χ1v) is 8.41. The molecule has 0 bridgehead atoms. The molecule has 10 heteroatoms. The van der Waals surface area contributed by atoms with E-state index in [0.717, 1.165) is 32.0 Å². The molecule has 0 spiro atoms. The summed E-state index contributed by atoms with van der Waals surface area (Å²) in [7, 11) is 1.65. The van der Waals surface area contributed by atoms with E-state index < -0.39 is 17.6 Å². The first kappa shape index (κ1) is 21.2. The van der Waals surface area contributed by atoms with E-state index >= 15 is 0 Å². The fourth-order valence-electron chi connectivity index (χ4n) is 3.06. The first-order chi connectivity index (χ1) is 12.3. The Morgan fingerprint density at radius 3 is 2.63 bits per heavy atom. The lowest BCUT2D eigenvalue weighted by Crippen LogP contribution is -2.27. The van der Waals surface area contributed by atoms with Gasteiger partial charge in [0.05, 0.1) is 12.0 Å². The van der Waals surface area contributed by atoms with Crippen molar-refractivity contribution >= 4 is 24.3 Å². The monoisotopic (exact) mass is 403 g/mol. The molecule has 1 aliphatic rings. The van der Waals surface area contributed by atoms with Crippen LogP contribution >= 0.6 is 12.4 Å². The number of nitrogens with one attached hydrogen (secondary N) is 2. The number of aromatic nitrogens is 3. The van der Waals surface area contributed by atoms with Gasteiger partial charge in [0.1, 0.15) is 0 Å². The first-order valence-electron chi connectivity index (χ1n) is 8.41. The van der Waals surface area contributed by atoms with Crippen LogP contribution < -0.4 is 10.6 Å². The van der Waals surface area contributed by atoms with E-state index in [2.05, 4.69) is 20.7 Å². The minimum absolute atomic E-state index is 0. The molecule has 0 saturated carbocycles. The Kier molecular flexibility index (Phi) is 6.83. The molecule has 0 atom stereocenters. The van der Waals surface area contributed by atoms with Crippen LogP contribution in [0.15, 0.2) is 24.3 Å². The second-order valence-corrected chi connectivity index (χ2v) is 6.32. The molecule has 1 amide bonds. The number of piperidine rings is 1. The molecule has 0 aliphatic carbocycles.